The van der Waals surface area contributed by atoms with Crippen LogP contribution in [0.4, 0.5) is 0 Å². The zero-order valence-corrected chi connectivity index (χ0v) is 10.9. The van der Waals surface area contributed by atoms with Crippen molar-refractivity contribution in [3.8, 4) is 0 Å². The smallest absolute Gasteiger partial charge is 0.0651 e. The molecule has 1 aliphatic rings. The van der Waals surface area contributed by atoms with Gasteiger partial charge in [-0.3, -0.25) is 4.98 Å². The predicted octanol–water partition coefficient (Wildman–Crippen LogP) is 3.30. The predicted molar refractivity (Wildman–Crippen MR) is 70.0 cm³/mol. The molecule has 0 radical (unpaired) electrons. The van der Waals surface area contributed by atoms with Gasteiger partial charge in [0.05, 0.1) is 6.10 Å². The number of hydrogen-bond donors (Lipinski definition) is 1. The van der Waals surface area contributed by atoms with Gasteiger partial charge in [0, 0.05) is 17.8 Å². The number of nitrogens with zero attached hydrogens (tertiary/aromatic N) is 1. The van der Waals surface area contributed by atoms with Gasteiger partial charge in [0.2, 0.25) is 0 Å². The zero-order chi connectivity index (χ0) is 12.3. The molecule has 0 spiro atoms. The van der Waals surface area contributed by atoms with E-state index in [9.17, 15) is 5.11 Å². The molecule has 1 aromatic rings. The van der Waals surface area contributed by atoms with Gasteiger partial charge in [-0.05, 0) is 36.8 Å². The molecular weight excluding hydrogens is 210 g/mol. The van der Waals surface area contributed by atoms with Crippen molar-refractivity contribution >= 4 is 0 Å². The molecular formula is C15H23NO. The van der Waals surface area contributed by atoms with Gasteiger partial charge in [0.25, 0.3) is 0 Å². The normalized spacial score (nSPS) is 21.3. The molecule has 0 aromatic carbocycles. The first-order valence-electron chi connectivity index (χ1n) is 6.89. The van der Waals surface area contributed by atoms with Crippen LogP contribution in [0.5, 0.6) is 0 Å². The highest BCUT2D eigenvalue weighted by Crippen LogP contribution is 2.36. The van der Waals surface area contributed by atoms with Gasteiger partial charge in [0.1, 0.15) is 0 Å². The molecule has 1 heterocycles. The zero-order valence-electron chi connectivity index (χ0n) is 10.9. The SMILES string of the molecule is CCC(CC)C(O)C1CCCc2cccnc21. The summed E-state index contributed by atoms with van der Waals surface area (Å²) in [6.07, 6.45) is 7.13. The van der Waals surface area contributed by atoms with E-state index in [0.717, 1.165) is 31.4 Å². The maximum Gasteiger partial charge on any atom is 0.0651 e. The van der Waals surface area contributed by atoms with Crippen LogP contribution < -0.4 is 0 Å². The van der Waals surface area contributed by atoms with Crippen molar-refractivity contribution in [1.29, 1.82) is 0 Å². The van der Waals surface area contributed by atoms with Crippen LogP contribution in [0.3, 0.4) is 0 Å². The Bertz CT molecular complexity index is 360. The third-order valence-corrected chi connectivity index (χ3v) is 4.18. The van der Waals surface area contributed by atoms with Crippen LogP contribution in [0.15, 0.2) is 18.3 Å². The van der Waals surface area contributed by atoms with E-state index >= 15 is 0 Å². The molecule has 17 heavy (non-hydrogen) atoms. The fourth-order valence-corrected chi connectivity index (χ4v) is 3.08. The van der Waals surface area contributed by atoms with Gasteiger partial charge in [0.15, 0.2) is 0 Å². The fourth-order valence-electron chi connectivity index (χ4n) is 3.08. The van der Waals surface area contributed by atoms with Crippen LogP contribution in [-0.2, 0) is 6.42 Å². The minimum absolute atomic E-state index is 0.223. The molecule has 0 fully saturated rings. The van der Waals surface area contributed by atoms with E-state index in [4.69, 9.17) is 0 Å². The van der Waals surface area contributed by atoms with Gasteiger partial charge in [-0.15, -0.1) is 0 Å². The van der Waals surface area contributed by atoms with Crippen LogP contribution >= 0.6 is 0 Å². The summed E-state index contributed by atoms with van der Waals surface area (Å²) in [7, 11) is 0. The molecule has 2 unspecified atom stereocenters. The lowest BCUT2D eigenvalue weighted by Crippen LogP contribution is -2.30. The number of aliphatic hydroxyl groups excluding tert-OH is 1. The van der Waals surface area contributed by atoms with Crippen molar-refractivity contribution in [2.24, 2.45) is 5.92 Å². The maximum absolute atomic E-state index is 10.5. The Balaban J connectivity index is 2.23. The van der Waals surface area contributed by atoms with Gasteiger partial charge in [-0.1, -0.05) is 32.8 Å². The highest BCUT2D eigenvalue weighted by molar-refractivity contribution is 5.27. The summed E-state index contributed by atoms with van der Waals surface area (Å²) in [6.45, 7) is 4.33. The Labute approximate surface area is 104 Å². The largest absolute Gasteiger partial charge is 0.392 e. The molecule has 2 rings (SSSR count). The summed E-state index contributed by atoms with van der Waals surface area (Å²) < 4.78 is 0. The summed E-state index contributed by atoms with van der Waals surface area (Å²) in [5.74, 6) is 0.665. The monoisotopic (exact) mass is 233 g/mol. The average Bonchev–Trinajstić information content (AvgIpc) is 2.39. The van der Waals surface area contributed by atoms with Crippen molar-refractivity contribution in [2.45, 2.75) is 58.0 Å². The first-order chi connectivity index (χ1) is 8.27. The van der Waals surface area contributed by atoms with Crippen LogP contribution in [0.1, 0.15) is 56.7 Å². The number of aryl methyl sites for hydroxylation is 1. The standard InChI is InChI=1S/C15H23NO/c1-3-11(4-2)15(17)13-9-5-7-12-8-6-10-16-14(12)13/h6,8,10-11,13,15,17H,3-5,7,9H2,1-2H3. The van der Waals surface area contributed by atoms with Gasteiger partial charge < -0.3 is 5.11 Å². The van der Waals surface area contributed by atoms with Crippen molar-refractivity contribution in [1.82, 2.24) is 4.98 Å². The molecule has 2 heteroatoms. The highest BCUT2D eigenvalue weighted by atomic mass is 16.3. The van der Waals surface area contributed by atoms with Crippen molar-refractivity contribution < 1.29 is 5.11 Å². The fraction of sp³-hybridized carbons (Fsp3) is 0.667. The summed E-state index contributed by atoms with van der Waals surface area (Å²) in [5.41, 5.74) is 2.49. The molecule has 0 bridgehead atoms. The second kappa shape index (κ2) is 5.63. The van der Waals surface area contributed by atoms with Gasteiger partial charge >= 0.3 is 0 Å². The molecule has 0 amide bonds. The molecule has 94 valence electrons. The lowest BCUT2D eigenvalue weighted by Gasteiger charge is -2.32. The number of aromatic nitrogens is 1. The van der Waals surface area contributed by atoms with E-state index in [0.29, 0.717) is 5.92 Å². The first-order valence-corrected chi connectivity index (χ1v) is 6.89. The Morgan fingerprint density at radius 2 is 2.18 bits per heavy atom. The van der Waals surface area contributed by atoms with Gasteiger partial charge in [-0.2, -0.15) is 0 Å². The third kappa shape index (κ3) is 2.52. The Morgan fingerprint density at radius 3 is 2.88 bits per heavy atom. The lowest BCUT2D eigenvalue weighted by atomic mass is 9.77. The average molecular weight is 233 g/mol. The lowest BCUT2D eigenvalue weighted by molar-refractivity contribution is 0.0681. The second-order valence-corrected chi connectivity index (χ2v) is 5.11. The minimum atomic E-state index is -0.223. The molecule has 1 N–H and O–H groups in total. The summed E-state index contributed by atoms with van der Waals surface area (Å²) >= 11 is 0. The molecule has 0 saturated carbocycles. The van der Waals surface area contributed by atoms with Gasteiger partial charge in [-0.25, -0.2) is 0 Å². The van der Waals surface area contributed by atoms with E-state index in [2.05, 4.69) is 24.9 Å². The molecule has 2 atom stereocenters. The quantitative estimate of drug-likeness (QED) is 0.865. The Hall–Kier alpha value is -0.890. The van der Waals surface area contributed by atoms with Crippen LogP contribution in [-0.4, -0.2) is 16.2 Å². The number of pyridine rings is 1. The van der Waals surface area contributed by atoms with E-state index in [1.54, 1.807) is 0 Å². The Kier molecular flexibility index (Phi) is 4.16. The highest BCUT2D eigenvalue weighted by Gasteiger charge is 2.31. The summed E-state index contributed by atoms with van der Waals surface area (Å²) in [5, 5.41) is 10.5. The number of rotatable bonds is 4. The summed E-state index contributed by atoms with van der Waals surface area (Å²) in [6, 6.07) is 4.17. The molecule has 1 aromatic heterocycles. The molecule has 0 aliphatic heterocycles. The molecule has 0 saturated heterocycles. The number of fused-ring (bicyclic) bond motifs is 1. The maximum atomic E-state index is 10.5. The van der Waals surface area contributed by atoms with Crippen LogP contribution in [0.2, 0.25) is 0 Å². The van der Waals surface area contributed by atoms with E-state index < -0.39 is 0 Å². The molecule has 2 nitrogen and oxygen atoms in total. The van der Waals surface area contributed by atoms with Crippen molar-refractivity contribution in [3.63, 3.8) is 0 Å². The number of aliphatic hydroxyl groups is 1. The Morgan fingerprint density at radius 1 is 1.41 bits per heavy atom. The van der Waals surface area contributed by atoms with Crippen molar-refractivity contribution in [2.75, 3.05) is 0 Å². The van der Waals surface area contributed by atoms with Crippen LogP contribution in [0.25, 0.3) is 0 Å². The van der Waals surface area contributed by atoms with E-state index in [1.165, 1.54) is 12.0 Å². The second-order valence-electron chi connectivity index (χ2n) is 5.11. The first kappa shape index (κ1) is 12.6. The summed E-state index contributed by atoms with van der Waals surface area (Å²) in [4.78, 5) is 4.51. The number of hydrogen-bond acceptors (Lipinski definition) is 2. The van der Waals surface area contributed by atoms with Crippen LogP contribution in [0, 0.1) is 5.92 Å². The van der Waals surface area contributed by atoms with E-state index in [-0.39, 0.29) is 12.0 Å². The van der Waals surface area contributed by atoms with E-state index in [1.807, 2.05) is 12.3 Å². The topological polar surface area (TPSA) is 33.1 Å². The van der Waals surface area contributed by atoms with Crippen molar-refractivity contribution in [3.05, 3.63) is 29.6 Å². The third-order valence-electron chi connectivity index (χ3n) is 4.18. The minimum Gasteiger partial charge on any atom is -0.392 e. The molecule has 1 aliphatic carbocycles.